The lowest BCUT2D eigenvalue weighted by molar-refractivity contribution is -0.140. The molecule has 0 saturated carbocycles. The van der Waals surface area contributed by atoms with Crippen LogP contribution in [-0.4, -0.2) is 44.5 Å². The van der Waals surface area contributed by atoms with Crippen LogP contribution in [0, 0.1) is 0 Å². The van der Waals surface area contributed by atoms with Crippen LogP contribution in [0.3, 0.4) is 0 Å². The van der Waals surface area contributed by atoms with Gasteiger partial charge in [0.15, 0.2) is 0 Å². The van der Waals surface area contributed by atoms with E-state index in [4.69, 9.17) is 5.11 Å². The maximum Gasteiger partial charge on any atom is 0.327 e. The van der Waals surface area contributed by atoms with Gasteiger partial charge in [-0.1, -0.05) is 0 Å². The fourth-order valence-corrected chi connectivity index (χ4v) is 2.65. The summed E-state index contributed by atoms with van der Waals surface area (Å²) in [5, 5.41) is 8.96. The molecule has 16 heavy (non-hydrogen) atoms. The smallest absolute Gasteiger partial charge is 0.327 e. The molecule has 0 aliphatic carbocycles. The van der Waals surface area contributed by atoms with E-state index in [1.807, 2.05) is 0 Å². The zero-order valence-electron chi connectivity index (χ0n) is 8.37. The van der Waals surface area contributed by atoms with E-state index in [0.717, 1.165) is 0 Å². The number of carboxylic acids is 1. The molecule has 0 bridgehead atoms. The molecule has 1 aliphatic rings. The van der Waals surface area contributed by atoms with E-state index in [-0.39, 0.29) is 5.91 Å². The molecule has 2 heterocycles. The number of nitrogens with zero attached hydrogens (tertiary/aromatic N) is 2. The lowest BCUT2D eigenvalue weighted by atomic mass is 10.2. The quantitative estimate of drug-likeness (QED) is 0.820. The summed E-state index contributed by atoms with van der Waals surface area (Å²) >= 11 is 1.45. The first-order chi connectivity index (χ1) is 7.70. The van der Waals surface area contributed by atoms with Gasteiger partial charge in [-0.3, -0.25) is 9.78 Å². The number of carbonyl (C=O) groups excluding carboxylic acids is 1. The predicted molar refractivity (Wildman–Crippen MR) is 59.2 cm³/mol. The zero-order valence-corrected chi connectivity index (χ0v) is 9.18. The molecular weight excluding hydrogens is 228 g/mol. The number of thioether (sulfide) groups is 1. The summed E-state index contributed by atoms with van der Waals surface area (Å²) < 4.78 is 0. The topological polar surface area (TPSA) is 70.5 Å². The molecule has 1 aliphatic heterocycles. The van der Waals surface area contributed by atoms with Crippen molar-refractivity contribution in [1.29, 1.82) is 0 Å². The maximum atomic E-state index is 12.0. The number of pyridine rings is 1. The zero-order chi connectivity index (χ0) is 11.5. The van der Waals surface area contributed by atoms with Crippen LogP contribution < -0.4 is 0 Å². The van der Waals surface area contributed by atoms with Gasteiger partial charge >= 0.3 is 5.97 Å². The average Bonchev–Trinajstić information content (AvgIpc) is 2.78. The van der Waals surface area contributed by atoms with Crippen molar-refractivity contribution in [2.75, 3.05) is 11.6 Å². The summed E-state index contributed by atoms with van der Waals surface area (Å²) in [5.74, 6) is -0.362. The second-order valence-corrected chi connectivity index (χ2v) is 4.37. The van der Waals surface area contributed by atoms with E-state index < -0.39 is 12.0 Å². The maximum absolute atomic E-state index is 12.0. The highest BCUT2D eigenvalue weighted by atomic mass is 32.2. The Labute approximate surface area is 96.5 Å². The molecule has 0 aromatic carbocycles. The monoisotopic (exact) mass is 238 g/mol. The van der Waals surface area contributed by atoms with Crippen molar-refractivity contribution in [3.63, 3.8) is 0 Å². The molecule has 2 rings (SSSR count). The molecule has 1 fully saturated rings. The van der Waals surface area contributed by atoms with Crippen molar-refractivity contribution in [3.05, 3.63) is 30.1 Å². The van der Waals surface area contributed by atoms with Crippen molar-refractivity contribution in [1.82, 2.24) is 9.88 Å². The van der Waals surface area contributed by atoms with E-state index >= 15 is 0 Å². The van der Waals surface area contributed by atoms with E-state index in [1.54, 1.807) is 18.3 Å². The number of aliphatic carboxylic acids is 1. The minimum Gasteiger partial charge on any atom is -0.480 e. The second-order valence-electron chi connectivity index (χ2n) is 3.37. The summed E-state index contributed by atoms with van der Waals surface area (Å²) in [5.41, 5.74) is 0.427. The summed E-state index contributed by atoms with van der Waals surface area (Å²) in [6, 6.07) is 2.57. The highest BCUT2D eigenvalue weighted by Gasteiger charge is 2.34. The third-order valence-electron chi connectivity index (χ3n) is 2.34. The first kappa shape index (κ1) is 10.9. The SMILES string of the molecule is O=C(O)[C@H]1CSCN1C(=O)c1cccnc1. The number of carboxylic acid groups (broad SMARTS) is 1. The Bertz CT molecular complexity index is 410. The van der Waals surface area contributed by atoms with Gasteiger partial charge in [-0.2, -0.15) is 0 Å². The van der Waals surface area contributed by atoms with Crippen molar-refractivity contribution in [2.45, 2.75) is 6.04 Å². The largest absolute Gasteiger partial charge is 0.480 e. The Morgan fingerprint density at radius 3 is 3.00 bits per heavy atom. The number of carbonyl (C=O) groups is 2. The Kier molecular flexibility index (Phi) is 3.09. The number of aromatic nitrogens is 1. The van der Waals surface area contributed by atoms with Gasteiger partial charge < -0.3 is 10.0 Å². The van der Waals surface area contributed by atoms with Crippen molar-refractivity contribution in [2.24, 2.45) is 0 Å². The van der Waals surface area contributed by atoms with Gasteiger partial charge in [0.05, 0.1) is 11.4 Å². The highest BCUT2D eigenvalue weighted by Crippen LogP contribution is 2.22. The fourth-order valence-electron chi connectivity index (χ4n) is 1.50. The lowest BCUT2D eigenvalue weighted by Gasteiger charge is -2.20. The molecule has 84 valence electrons. The summed E-state index contributed by atoms with van der Waals surface area (Å²) in [4.78, 5) is 28.1. The predicted octanol–water partition coefficient (Wildman–Crippen LogP) is 0.681. The third kappa shape index (κ3) is 2.01. The molecule has 0 unspecified atom stereocenters. The second kappa shape index (κ2) is 4.52. The molecule has 1 aromatic heterocycles. The van der Waals surface area contributed by atoms with Crippen LogP contribution in [0.15, 0.2) is 24.5 Å². The Hall–Kier alpha value is -1.56. The number of hydrogen-bond donors (Lipinski definition) is 1. The van der Waals surface area contributed by atoms with Crippen molar-refractivity contribution < 1.29 is 14.7 Å². The molecule has 1 saturated heterocycles. The number of amides is 1. The Morgan fingerprint density at radius 1 is 1.56 bits per heavy atom. The van der Waals surface area contributed by atoms with Gasteiger partial charge in [-0.05, 0) is 12.1 Å². The average molecular weight is 238 g/mol. The van der Waals surface area contributed by atoms with E-state index in [2.05, 4.69) is 4.98 Å². The highest BCUT2D eigenvalue weighted by molar-refractivity contribution is 7.99. The molecule has 6 heteroatoms. The Morgan fingerprint density at radius 2 is 2.38 bits per heavy atom. The normalized spacial score (nSPS) is 19.8. The molecule has 1 N–H and O–H groups in total. The minimum atomic E-state index is -0.956. The van der Waals surface area contributed by atoms with Gasteiger partial charge in [0, 0.05) is 18.1 Å². The summed E-state index contributed by atoms with van der Waals surface area (Å²) in [6.45, 7) is 0. The molecule has 0 radical (unpaired) electrons. The molecule has 1 aromatic rings. The van der Waals surface area contributed by atoms with Crippen molar-refractivity contribution in [3.8, 4) is 0 Å². The minimum absolute atomic E-state index is 0.273. The van der Waals surface area contributed by atoms with Gasteiger partial charge in [0.2, 0.25) is 0 Å². The fraction of sp³-hybridized carbons (Fsp3) is 0.300. The first-order valence-corrected chi connectivity index (χ1v) is 5.87. The summed E-state index contributed by atoms with van der Waals surface area (Å²) in [6.07, 6.45) is 3.02. The summed E-state index contributed by atoms with van der Waals surface area (Å²) in [7, 11) is 0. The first-order valence-electron chi connectivity index (χ1n) is 4.71. The lowest BCUT2D eigenvalue weighted by Crippen LogP contribution is -2.41. The van der Waals surface area contributed by atoms with Crippen LogP contribution in [-0.2, 0) is 4.79 Å². The standard InChI is InChI=1S/C10H10N2O3S/c13-9(7-2-1-3-11-4-7)12-6-16-5-8(12)10(14)15/h1-4,8H,5-6H2,(H,14,15)/t8-/m1/s1. The van der Waals surface area contributed by atoms with Gasteiger partial charge in [-0.15, -0.1) is 11.8 Å². The third-order valence-corrected chi connectivity index (χ3v) is 3.35. The van der Waals surface area contributed by atoms with Crippen LogP contribution in [0.5, 0.6) is 0 Å². The van der Waals surface area contributed by atoms with E-state index in [1.165, 1.54) is 22.9 Å². The van der Waals surface area contributed by atoms with Crippen LogP contribution in [0.1, 0.15) is 10.4 Å². The Balaban J connectivity index is 2.19. The molecule has 1 atom stereocenters. The van der Waals surface area contributed by atoms with Crippen LogP contribution in [0.4, 0.5) is 0 Å². The molecular formula is C10H10N2O3S. The molecule has 0 spiro atoms. The van der Waals surface area contributed by atoms with Crippen LogP contribution in [0.2, 0.25) is 0 Å². The van der Waals surface area contributed by atoms with Gasteiger partial charge in [-0.25, -0.2) is 4.79 Å². The van der Waals surface area contributed by atoms with E-state index in [9.17, 15) is 9.59 Å². The number of hydrogen-bond acceptors (Lipinski definition) is 4. The van der Waals surface area contributed by atoms with Gasteiger partial charge in [0.1, 0.15) is 6.04 Å². The molecule has 5 nitrogen and oxygen atoms in total. The van der Waals surface area contributed by atoms with Crippen molar-refractivity contribution >= 4 is 23.6 Å². The molecule has 1 amide bonds. The van der Waals surface area contributed by atoms with Gasteiger partial charge in [0.25, 0.3) is 5.91 Å². The number of rotatable bonds is 2. The van der Waals surface area contributed by atoms with E-state index in [0.29, 0.717) is 17.2 Å². The van der Waals surface area contributed by atoms with Crippen LogP contribution in [0.25, 0.3) is 0 Å². The van der Waals surface area contributed by atoms with Crippen LogP contribution >= 0.6 is 11.8 Å².